The number of carbonyl (C=O) groups is 2. The van der Waals surface area contributed by atoms with Crippen LogP contribution in [0.4, 0.5) is 17.3 Å². The van der Waals surface area contributed by atoms with Crippen LogP contribution in [0.1, 0.15) is 64.4 Å². The number of ketones is 1. The summed E-state index contributed by atoms with van der Waals surface area (Å²) in [5, 5.41) is 13.5. The highest BCUT2D eigenvalue weighted by Gasteiger charge is 2.26. The monoisotopic (exact) mass is 555 g/mol. The molecular weight excluding hydrogens is 522 g/mol. The summed E-state index contributed by atoms with van der Waals surface area (Å²) in [5.74, 6) is 0.787. The number of hydrogen-bond donors (Lipinski definition) is 3. The Bertz CT molecular complexity index is 1560. The van der Waals surface area contributed by atoms with Crippen molar-refractivity contribution in [1.29, 1.82) is 0 Å². The summed E-state index contributed by atoms with van der Waals surface area (Å²) in [6.07, 6.45) is 10.7. The smallest absolute Gasteiger partial charge is 0.271 e. The number of Topliss-reactive ketones (excluding diaryl/α,β-unsaturated/α-hetero) is 1. The predicted octanol–water partition coefficient (Wildman–Crippen LogP) is 4.06. The zero-order valence-electron chi connectivity index (χ0n) is 22.7. The Morgan fingerprint density at radius 1 is 1.12 bits per heavy atom. The number of amides is 1. The molecule has 41 heavy (non-hydrogen) atoms. The summed E-state index contributed by atoms with van der Waals surface area (Å²) in [6, 6.07) is 9.62. The van der Waals surface area contributed by atoms with Gasteiger partial charge in [-0.1, -0.05) is 12.1 Å². The molecule has 2 fully saturated rings. The first kappa shape index (κ1) is 26.7. The third kappa shape index (κ3) is 5.85. The molecule has 212 valence electrons. The quantitative estimate of drug-likeness (QED) is 0.274. The molecule has 0 bridgehead atoms. The summed E-state index contributed by atoms with van der Waals surface area (Å²) in [4.78, 5) is 40.5. The molecule has 0 aliphatic carbocycles. The number of carbonyl (C=O) groups excluding carboxylic acids is 2. The van der Waals surface area contributed by atoms with Gasteiger partial charge in [0, 0.05) is 62.6 Å². The second kappa shape index (κ2) is 11.5. The summed E-state index contributed by atoms with van der Waals surface area (Å²) >= 11 is 0. The first-order valence-corrected chi connectivity index (χ1v) is 14.0. The van der Waals surface area contributed by atoms with E-state index in [0.717, 1.165) is 51.1 Å². The lowest BCUT2D eigenvalue weighted by Crippen LogP contribution is -2.37. The topological polar surface area (TPSA) is 148 Å². The summed E-state index contributed by atoms with van der Waals surface area (Å²) in [5.41, 5.74) is 8.61. The van der Waals surface area contributed by atoms with Crippen molar-refractivity contribution in [3.05, 3.63) is 71.9 Å². The van der Waals surface area contributed by atoms with Gasteiger partial charge in [-0.05, 0) is 61.3 Å². The van der Waals surface area contributed by atoms with Crippen LogP contribution in [-0.4, -0.2) is 62.5 Å². The summed E-state index contributed by atoms with van der Waals surface area (Å²) in [7, 11) is 0. The molecule has 5 heterocycles. The summed E-state index contributed by atoms with van der Waals surface area (Å²) in [6.45, 7) is 2.95. The Morgan fingerprint density at radius 2 is 1.93 bits per heavy atom. The number of nitrogens with zero attached hydrogens (tertiary/aromatic N) is 5. The Morgan fingerprint density at radius 3 is 2.71 bits per heavy atom. The minimum atomic E-state index is -0.661. The molecule has 4 N–H and O–H groups in total. The van der Waals surface area contributed by atoms with Crippen molar-refractivity contribution in [3.63, 3.8) is 0 Å². The number of aromatic hydroxyl groups is 1. The number of primary amides is 1. The van der Waals surface area contributed by atoms with Crippen molar-refractivity contribution in [1.82, 2.24) is 19.4 Å². The lowest BCUT2D eigenvalue weighted by atomic mass is 9.91. The van der Waals surface area contributed by atoms with Crippen LogP contribution >= 0.6 is 0 Å². The van der Waals surface area contributed by atoms with E-state index in [1.54, 1.807) is 29.2 Å². The maximum Gasteiger partial charge on any atom is 0.271 e. The average molecular weight is 556 g/mol. The van der Waals surface area contributed by atoms with E-state index in [4.69, 9.17) is 15.5 Å². The van der Waals surface area contributed by atoms with E-state index in [9.17, 15) is 14.7 Å². The number of imidazole rings is 1. The standard InChI is InChI=1S/C30H33N7O4/c31-28(40)27-29(34-23-5-3-20(4-6-23)21-7-12-41-13-8-21)35-26(16-33-27)36-10-1-2-19(17-36)14-24(38)22-15-25(39)30-32-9-11-37(30)18-22/h3-6,9,11,15-16,18-19,21,39H,1-2,7-8,10,12-14,17H2,(H2,31,40)(H,34,35)/t19-/m0/s1. The molecule has 0 unspecified atom stereocenters. The van der Waals surface area contributed by atoms with Gasteiger partial charge in [-0.3, -0.25) is 9.59 Å². The maximum absolute atomic E-state index is 13.1. The molecule has 2 saturated heterocycles. The van der Waals surface area contributed by atoms with Crippen LogP contribution in [0.25, 0.3) is 5.65 Å². The summed E-state index contributed by atoms with van der Waals surface area (Å²) < 4.78 is 7.13. The highest BCUT2D eigenvalue weighted by Crippen LogP contribution is 2.30. The SMILES string of the molecule is NC(=O)c1ncc(N2CCC[C@@H](CC(=O)c3cc(O)c4nccn4c3)C2)nc1Nc1ccc(C2CCOCC2)cc1. The molecule has 2 aliphatic heterocycles. The molecule has 11 heteroatoms. The van der Waals surface area contributed by atoms with Gasteiger partial charge < -0.3 is 30.2 Å². The molecule has 3 aromatic heterocycles. The van der Waals surface area contributed by atoms with Crippen LogP contribution in [0.2, 0.25) is 0 Å². The van der Waals surface area contributed by atoms with Crippen LogP contribution < -0.4 is 16.0 Å². The van der Waals surface area contributed by atoms with Crippen molar-refractivity contribution >= 4 is 34.7 Å². The minimum Gasteiger partial charge on any atom is -0.504 e. The average Bonchev–Trinajstić information content (AvgIpc) is 3.48. The number of benzene rings is 1. The van der Waals surface area contributed by atoms with Crippen molar-refractivity contribution in [3.8, 4) is 5.75 Å². The number of anilines is 3. The van der Waals surface area contributed by atoms with E-state index in [1.165, 1.54) is 11.6 Å². The highest BCUT2D eigenvalue weighted by molar-refractivity contribution is 5.97. The second-order valence-corrected chi connectivity index (χ2v) is 10.8. The van der Waals surface area contributed by atoms with Gasteiger partial charge in [-0.15, -0.1) is 0 Å². The van der Waals surface area contributed by atoms with E-state index >= 15 is 0 Å². The lowest BCUT2D eigenvalue weighted by molar-refractivity contribution is 0.0853. The number of nitrogens with two attached hydrogens (primary N) is 1. The molecule has 1 aromatic carbocycles. The van der Waals surface area contributed by atoms with Crippen molar-refractivity contribution < 1.29 is 19.4 Å². The zero-order valence-corrected chi connectivity index (χ0v) is 22.7. The number of fused-ring (bicyclic) bond motifs is 1. The van der Waals surface area contributed by atoms with Gasteiger partial charge >= 0.3 is 0 Å². The number of ether oxygens (including phenoxy) is 1. The molecular formula is C30H33N7O4. The van der Waals surface area contributed by atoms with Crippen molar-refractivity contribution in [2.45, 2.75) is 38.0 Å². The van der Waals surface area contributed by atoms with E-state index in [2.05, 4.69) is 32.3 Å². The maximum atomic E-state index is 13.1. The Hall–Kier alpha value is -4.51. The van der Waals surface area contributed by atoms with Gasteiger partial charge in [0.25, 0.3) is 5.91 Å². The Kier molecular flexibility index (Phi) is 7.51. The molecule has 1 amide bonds. The normalized spacial score (nSPS) is 18.0. The van der Waals surface area contributed by atoms with Crippen molar-refractivity contribution in [2.75, 3.05) is 36.5 Å². The number of piperidine rings is 1. The van der Waals surface area contributed by atoms with Gasteiger partial charge in [0.2, 0.25) is 0 Å². The molecule has 1 atom stereocenters. The first-order chi connectivity index (χ1) is 19.9. The zero-order chi connectivity index (χ0) is 28.3. The van der Waals surface area contributed by atoms with Gasteiger partial charge in [0.1, 0.15) is 5.82 Å². The van der Waals surface area contributed by atoms with Crippen molar-refractivity contribution in [2.24, 2.45) is 11.7 Å². The number of nitrogens with one attached hydrogen (secondary N) is 1. The molecule has 0 spiro atoms. The molecule has 2 aliphatic rings. The number of rotatable bonds is 8. The number of aromatic nitrogens is 4. The Balaban J connectivity index is 1.16. The molecule has 11 nitrogen and oxygen atoms in total. The fourth-order valence-electron chi connectivity index (χ4n) is 5.79. The van der Waals surface area contributed by atoms with Gasteiger partial charge in [0.15, 0.2) is 28.7 Å². The molecule has 0 radical (unpaired) electrons. The Labute approximate surface area is 237 Å². The third-order valence-electron chi connectivity index (χ3n) is 7.97. The van der Waals surface area contributed by atoms with Crippen LogP contribution in [-0.2, 0) is 4.74 Å². The fourth-order valence-corrected chi connectivity index (χ4v) is 5.79. The fraction of sp³-hybridized carbons (Fsp3) is 0.367. The van der Waals surface area contributed by atoms with E-state index in [1.807, 2.05) is 12.1 Å². The largest absolute Gasteiger partial charge is 0.504 e. The second-order valence-electron chi connectivity index (χ2n) is 10.8. The van der Waals surface area contributed by atoms with Crippen LogP contribution in [0.3, 0.4) is 0 Å². The predicted molar refractivity (Wildman–Crippen MR) is 154 cm³/mol. The number of pyridine rings is 1. The van der Waals surface area contributed by atoms with Crippen LogP contribution in [0.15, 0.2) is 55.1 Å². The molecule has 6 rings (SSSR count). The van der Waals surface area contributed by atoms with E-state index in [0.29, 0.717) is 41.7 Å². The van der Waals surface area contributed by atoms with Crippen LogP contribution in [0, 0.1) is 5.92 Å². The van der Waals surface area contributed by atoms with Crippen LogP contribution in [0.5, 0.6) is 5.75 Å². The van der Waals surface area contributed by atoms with E-state index in [-0.39, 0.29) is 23.1 Å². The minimum absolute atomic E-state index is 0.0193. The molecule has 4 aromatic rings. The molecule has 0 saturated carbocycles. The van der Waals surface area contributed by atoms with Gasteiger partial charge in [-0.25, -0.2) is 15.0 Å². The number of hydrogen-bond acceptors (Lipinski definition) is 9. The lowest BCUT2D eigenvalue weighted by Gasteiger charge is -2.33. The third-order valence-corrected chi connectivity index (χ3v) is 7.97. The van der Waals surface area contributed by atoms with Gasteiger partial charge in [0.05, 0.1) is 6.20 Å². The highest BCUT2D eigenvalue weighted by atomic mass is 16.5. The van der Waals surface area contributed by atoms with E-state index < -0.39 is 5.91 Å². The van der Waals surface area contributed by atoms with Gasteiger partial charge in [-0.2, -0.15) is 0 Å². The first-order valence-electron chi connectivity index (χ1n) is 14.0.